The minimum Gasteiger partial charge on any atom is -0.386 e. The molecule has 0 saturated heterocycles. The van der Waals surface area contributed by atoms with E-state index >= 15 is 0 Å². The fraction of sp³-hybridized carbons (Fsp3) is 0.824. The van der Waals surface area contributed by atoms with Crippen molar-refractivity contribution >= 4 is 5.78 Å². The summed E-state index contributed by atoms with van der Waals surface area (Å²) in [6.45, 7) is 0. The Morgan fingerprint density at radius 1 is 1.04 bits per heavy atom. The van der Waals surface area contributed by atoms with E-state index in [2.05, 4.69) is 0 Å². The first-order chi connectivity index (χ1) is 11.1. The maximum Gasteiger partial charge on any atom is 0.456 e. The Bertz CT molecular complexity index is 534. The zero-order valence-corrected chi connectivity index (χ0v) is 13.2. The molecule has 4 atom stereocenters. The van der Waals surface area contributed by atoms with E-state index < -0.39 is 29.4 Å². The van der Waals surface area contributed by atoms with Crippen LogP contribution in [0.3, 0.4) is 0 Å². The summed E-state index contributed by atoms with van der Waals surface area (Å²) in [5.41, 5.74) is -1.31. The second kappa shape index (κ2) is 5.78. The van der Waals surface area contributed by atoms with Crippen LogP contribution in [-0.2, 0) is 4.79 Å². The van der Waals surface area contributed by atoms with Gasteiger partial charge in [-0.25, -0.2) is 0 Å². The van der Waals surface area contributed by atoms with Crippen LogP contribution in [0.4, 0.5) is 22.0 Å². The Morgan fingerprint density at radius 3 is 2.12 bits per heavy atom. The van der Waals surface area contributed by atoms with Crippen LogP contribution in [0, 0.1) is 23.2 Å². The Morgan fingerprint density at radius 2 is 1.67 bits per heavy atom. The highest BCUT2D eigenvalue weighted by Gasteiger charge is 2.66. The summed E-state index contributed by atoms with van der Waals surface area (Å²) >= 11 is 0. The van der Waals surface area contributed by atoms with Gasteiger partial charge in [0.15, 0.2) is 0 Å². The second-order valence-corrected chi connectivity index (χ2v) is 7.53. The summed E-state index contributed by atoms with van der Waals surface area (Å²) < 4.78 is 66.3. The second-order valence-electron chi connectivity index (χ2n) is 7.53. The molecule has 0 aromatic carbocycles. The van der Waals surface area contributed by atoms with Gasteiger partial charge in [-0.3, -0.25) is 4.79 Å². The molecule has 2 bridgehead atoms. The van der Waals surface area contributed by atoms with Gasteiger partial charge in [0, 0.05) is 5.41 Å². The van der Waals surface area contributed by atoms with Crippen molar-refractivity contribution in [2.24, 2.45) is 23.2 Å². The highest BCUT2D eigenvalue weighted by Crippen LogP contribution is 2.59. The number of ketones is 1. The number of allylic oxidation sites excluding steroid dienone is 2. The highest BCUT2D eigenvalue weighted by molar-refractivity contribution is 5.91. The number of Topliss-reactive ketones (excluding diaryl/α,β-unsaturated/α-hetero) is 1. The van der Waals surface area contributed by atoms with Crippen molar-refractivity contribution in [3.8, 4) is 0 Å². The topological polar surface area (TPSA) is 37.3 Å². The molecule has 2 fully saturated rings. The standard InChI is InChI=1S/C17H21F5O2/c18-16(19,14(24)17(20,21)22)13(23)15(6-2-1-3-7-15)12-9-10-4-5-11(12)8-10/h4-5,10-13,23H,1-3,6-9H2. The van der Waals surface area contributed by atoms with Gasteiger partial charge < -0.3 is 5.11 Å². The zero-order chi connectivity index (χ0) is 17.8. The molecule has 24 heavy (non-hydrogen) atoms. The number of alkyl halides is 5. The predicted molar refractivity (Wildman–Crippen MR) is 76.4 cm³/mol. The van der Waals surface area contributed by atoms with Gasteiger partial charge in [0.05, 0.1) is 0 Å². The third kappa shape index (κ3) is 2.68. The predicted octanol–water partition coefficient (Wildman–Crippen LogP) is 4.28. The van der Waals surface area contributed by atoms with Crippen LogP contribution in [0.5, 0.6) is 0 Å². The first-order valence-electron chi connectivity index (χ1n) is 8.45. The lowest BCUT2D eigenvalue weighted by Crippen LogP contribution is -2.58. The summed E-state index contributed by atoms with van der Waals surface area (Å²) in [5.74, 6) is -7.96. The van der Waals surface area contributed by atoms with Crippen LogP contribution in [-0.4, -0.2) is 29.1 Å². The lowest BCUT2D eigenvalue weighted by Gasteiger charge is -2.49. The number of carbonyl (C=O) groups is 1. The quantitative estimate of drug-likeness (QED) is 0.606. The van der Waals surface area contributed by atoms with E-state index in [1.165, 1.54) is 0 Å². The molecule has 136 valence electrons. The van der Waals surface area contributed by atoms with Crippen molar-refractivity contribution in [1.29, 1.82) is 0 Å². The van der Waals surface area contributed by atoms with Gasteiger partial charge in [-0.2, -0.15) is 22.0 Å². The first-order valence-corrected chi connectivity index (χ1v) is 8.45. The summed E-state index contributed by atoms with van der Waals surface area (Å²) in [4.78, 5) is 11.2. The van der Waals surface area contributed by atoms with E-state index in [1.807, 2.05) is 12.2 Å². The maximum atomic E-state index is 14.3. The Kier molecular flexibility index (Phi) is 4.30. The largest absolute Gasteiger partial charge is 0.456 e. The van der Waals surface area contributed by atoms with Gasteiger partial charge >= 0.3 is 17.9 Å². The normalized spacial score (nSPS) is 33.7. The molecular weight excluding hydrogens is 331 g/mol. The summed E-state index contributed by atoms with van der Waals surface area (Å²) in [7, 11) is 0. The van der Waals surface area contributed by atoms with Gasteiger partial charge in [-0.1, -0.05) is 31.4 Å². The molecule has 0 aliphatic heterocycles. The van der Waals surface area contributed by atoms with Crippen molar-refractivity contribution in [2.45, 2.75) is 63.1 Å². The van der Waals surface area contributed by atoms with Gasteiger partial charge in [-0.05, 0) is 43.4 Å². The van der Waals surface area contributed by atoms with Crippen molar-refractivity contribution in [1.82, 2.24) is 0 Å². The van der Waals surface area contributed by atoms with E-state index in [4.69, 9.17) is 0 Å². The molecule has 7 heteroatoms. The fourth-order valence-corrected chi connectivity index (χ4v) is 5.17. The van der Waals surface area contributed by atoms with E-state index in [1.54, 1.807) is 0 Å². The van der Waals surface area contributed by atoms with Crippen LogP contribution in [0.15, 0.2) is 12.2 Å². The molecule has 3 aliphatic rings. The van der Waals surface area contributed by atoms with Gasteiger partial charge in [-0.15, -0.1) is 0 Å². The van der Waals surface area contributed by atoms with E-state index in [0.717, 1.165) is 12.8 Å². The van der Waals surface area contributed by atoms with Gasteiger partial charge in [0.2, 0.25) is 0 Å². The number of aliphatic hydroxyl groups excluding tert-OH is 1. The molecule has 0 aromatic rings. The zero-order valence-electron chi connectivity index (χ0n) is 13.2. The molecule has 0 aromatic heterocycles. The molecule has 2 saturated carbocycles. The van der Waals surface area contributed by atoms with E-state index in [0.29, 0.717) is 19.3 Å². The molecule has 3 aliphatic carbocycles. The maximum absolute atomic E-state index is 14.3. The molecular formula is C17H21F5O2. The Hall–Kier alpha value is -0.980. The SMILES string of the molecule is O=C(C(F)(F)F)C(F)(F)C(O)C1(C2CC3C=CC2C3)CCCCC1. The van der Waals surface area contributed by atoms with Crippen LogP contribution in [0.1, 0.15) is 44.9 Å². The number of fused-ring (bicyclic) bond motifs is 2. The minimum absolute atomic E-state index is 0.0135. The summed E-state index contributed by atoms with van der Waals surface area (Å²) in [6.07, 6.45) is -0.402. The number of carbonyl (C=O) groups excluding carboxylic acids is 1. The van der Waals surface area contributed by atoms with Crippen molar-refractivity contribution in [3.63, 3.8) is 0 Å². The highest BCUT2D eigenvalue weighted by atomic mass is 19.4. The van der Waals surface area contributed by atoms with Crippen LogP contribution in [0.2, 0.25) is 0 Å². The lowest BCUT2D eigenvalue weighted by molar-refractivity contribution is -0.227. The molecule has 0 spiro atoms. The van der Waals surface area contributed by atoms with Crippen LogP contribution in [0.25, 0.3) is 0 Å². The third-order valence-corrected chi connectivity index (χ3v) is 6.25. The lowest BCUT2D eigenvalue weighted by atomic mass is 9.58. The first kappa shape index (κ1) is 17.8. The average Bonchev–Trinajstić information content (AvgIpc) is 3.16. The molecule has 0 radical (unpaired) electrons. The minimum atomic E-state index is -5.66. The molecule has 2 nitrogen and oxygen atoms in total. The van der Waals surface area contributed by atoms with Gasteiger partial charge in [0.25, 0.3) is 0 Å². The Labute approximate surface area is 137 Å². The van der Waals surface area contributed by atoms with Crippen molar-refractivity contribution in [3.05, 3.63) is 12.2 Å². The average molecular weight is 352 g/mol. The molecule has 0 amide bonds. The van der Waals surface area contributed by atoms with E-state index in [9.17, 15) is 31.9 Å². The molecule has 4 unspecified atom stereocenters. The molecule has 1 N–H and O–H groups in total. The van der Waals surface area contributed by atoms with Crippen molar-refractivity contribution < 1.29 is 31.9 Å². The third-order valence-electron chi connectivity index (χ3n) is 6.25. The molecule has 0 heterocycles. The van der Waals surface area contributed by atoms with E-state index in [-0.39, 0.29) is 30.6 Å². The number of hydrogen-bond acceptors (Lipinski definition) is 2. The molecule has 3 rings (SSSR count). The van der Waals surface area contributed by atoms with Crippen molar-refractivity contribution in [2.75, 3.05) is 0 Å². The Balaban J connectivity index is 1.94. The summed E-state index contributed by atoms with van der Waals surface area (Å²) in [5, 5.41) is 10.4. The van der Waals surface area contributed by atoms with Crippen LogP contribution < -0.4 is 0 Å². The fourth-order valence-electron chi connectivity index (χ4n) is 5.17. The number of rotatable bonds is 4. The monoisotopic (exact) mass is 352 g/mol. The number of halogens is 5. The van der Waals surface area contributed by atoms with Crippen LogP contribution >= 0.6 is 0 Å². The smallest absolute Gasteiger partial charge is 0.386 e. The number of aliphatic hydroxyl groups is 1. The summed E-state index contributed by atoms with van der Waals surface area (Å²) in [6, 6.07) is 0. The van der Waals surface area contributed by atoms with Gasteiger partial charge in [0.1, 0.15) is 6.10 Å². The number of hydrogen-bond donors (Lipinski definition) is 1.